The van der Waals surface area contributed by atoms with Crippen molar-refractivity contribution in [2.24, 2.45) is 0 Å². The maximum absolute atomic E-state index is 10.0. The Morgan fingerprint density at radius 1 is 0.667 bits per heavy atom. The molecule has 0 saturated carbocycles. The molecule has 0 aromatic carbocycles. The minimum absolute atomic E-state index is 0.365. The quantitative estimate of drug-likeness (QED) is 0.183. The molecule has 164 valence electrons. The minimum Gasteiger partial charge on any atom is -0.480 e. The van der Waals surface area contributed by atoms with Crippen LogP contribution < -0.4 is 0 Å². The third-order valence-corrected chi connectivity index (χ3v) is 3.33. The SMILES string of the molecule is CC(C)(I)C(=O)O.CC(C)(I)C(=O)O.CC(C)(I)C(=O)O.OCC(O)CO. The molecular formula is C15H29I3O9. The Balaban J connectivity index is -0.000000131. The van der Waals surface area contributed by atoms with Crippen LogP contribution in [-0.4, -0.2) is 78.1 Å². The second-order valence-corrected chi connectivity index (χ2v) is 14.4. The van der Waals surface area contributed by atoms with Gasteiger partial charge in [0.25, 0.3) is 0 Å². The zero-order valence-corrected chi connectivity index (χ0v) is 22.5. The number of hydrogen-bond donors (Lipinski definition) is 6. The Morgan fingerprint density at radius 2 is 0.778 bits per heavy atom. The number of carboxylic acid groups (broad SMARTS) is 3. The Labute approximate surface area is 200 Å². The van der Waals surface area contributed by atoms with Gasteiger partial charge in [-0.25, -0.2) is 0 Å². The maximum Gasteiger partial charge on any atom is 0.319 e. The Hall–Kier alpha value is 0.480. The summed E-state index contributed by atoms with van der Waals surface area (Å²) in [5.74, 6) is -2.31. The van der Waals surface area contributed by atoms with Crippen LogP contribution in [0.5, 0.6) is 0 Å². The largest absolute Gasteiger partial charge is 0.480 e. The van der Waals surface area contributed by atoms with Crippen LogP contribution in [0.15, 0.2) is 0 Å². The monoisotopic (exact) mass is 734 g/mol. The van der Waals surface area contributed by atoms with Gasteiger partial charge in [-0.3, -0.25) is 14.4 Å². The van der Waals surface area contributed by atoms with E-state index in [2.05, 4.69) is 0 Å². The van der Waals surface area contributed by atoms with Crippen molar-refractivity contribution in [1.82, 2.24) is 0 Å². The molecule has 9 nitrogen and oxygen atoms in total. The van der Waals surface area contributed by atoms with Crippen LogP contribution in [0, 0.1) is 0 Å². The summed E-state index contributed by atoms with van der Waals surface area (Å²) in [5, 5.41) is 48.7. The topological polar surface area (TPSA) is 173 Å². The molecule has 6 N–H and O–H groups in total. The van der Waals surface area contributed by atoms with Gasteiger partial charge in [0.2, 0.25) is 0 Å². The van der Waals surface area contributed by atoms with Crippen molar-refractivity contribution in [2.75, 3.05) is 13.2 Å². The zero-order chi connectivity index (χ0) is 23.2. The number of halogens is 3. The van der Waals surface area contributed by atoms with Gasteiger partial charge in [-0.1, -0.05) is 67.8 Å². The van der Waals surface area contributed by atoms with Crippen LogP contribution in [0.3, 0.4) is 0 Å². The summed E-state index contributed by atoms with van der Waals surface area (Å²) in [5.41, 5.74) is 0. The number of aliphatic hydroxyl groups excluding tert-OH is 3. The number of carboxylic acids is 3. The van der Waals surface area contributed by atoms with Crippen LogP contribution in [0.1, 0.15) is 41.5 Å². The summed E-state index contributed by atoms with van der Waals surface area (Å²) >= 11 is 5.60. The van der Waals surface area contributed by atoms with Gasteiger partial charge in [-0.05, 0) is 41.5 Å². The first-order valence-corrected chi connectivity index (χ1v) is 10.5. The molecule has 0 aliphatic heterocycles. The number of alkyl halides is 3. The van der Waals surface area contributed by atoms with E-state index in [1.54, 1.807) is 41.5 Å². The highest BCUT2D eigenvalue weighted by molar-refractivity contribution is 14.1. The van der Waals surface area contributed by atoms with E-state index in [0.29, 0.717) is 0 Å². The molecule has 0 heterocycles. The normalized spacial score (nSPS) is 11.0. The molecule has 0 spiro atoms. The van der Waals surface area contributed by atoms with E-state index in [1.165, 1.54) is 0 Å². The summed E-state index contributed by atoms with van der Waals surface area (Å²) in [6.45, 7) is 9.16. The molecule has 0 saturated heterocycles. The van der Waals surface area contributed by atoms with E-state index >= 15 is 0 Å². The highest BCUT2D eigenvalue weighted by Crippen LogP contribution is 2.16. The number of hydrogen-bond acceptors (Lipinski definition) is 6. The molecule has 0 aromatic heterocycles. The third kappa shape index (κ3) is 31.4. The van der Waals surface area contributed by atoms with Gasteiger partial charge in [0.15, 0.2) is 0 Å². The van der Waals surface area contributed by atoms with Crippen molar-refractivity contribution in [1.29, 1.82) is 0 Å². The molecule has 0 atom stereocenters. The maximum atomic E-state index is 10.0. The Morgan fingerprint density at radius 3 is 0.778 bits per heavy atom. The fraction of sp³-hybridized carbons (Fsp3) is 0.800. The average Bonchev–Trinajstić information content (AvgIpc) is 2.45. The zero-order valence-electron chi connectivity index (χ0n) is 16.0. The van der Waals surface area contributed by atoms with Gasteiger partial charge in [0, 0.05) is 0 Å². The van der Waals surface area contributed by atoms with E-state index in [1.807, 2.05) is 67.8 Å². The lowest BCUT2D eigenvalue weighted by Gasteiger charge is -2.06. The minimum atomic E-state index is -0.954. The van der Waals surface area contributed by atoms with Gasteiger partial charge in [-0.2, -0.15) is 0 Å². The van der Waals surface area contributed by atoms with E-state index in [-0.39, 0.29) is 13.2 Å². The van der Waals surface area contributed by atoms with Crippen molar-refractivity contribution in [3.8, 4) is 0 Å². The first-order valence-electron chi connectivity index (χ1n) is 7.31. The summed E-state index contributed by atoms with van der Waals surface area (Å²) in [4.78, 5) is 30.0. The average molecular weight is 734 g/mol. The van der Waals surface area contributed by atoms with E-state index in [9.17, 15) is 14.4 Å². The molecule has 0 fully saturated rings. The second-order valence-electron chi connectivity index (χ2n) is 6.35. The van der Waals surface area contributed by atoms with Crippen LogP contribution in [0.2, 0.25) is 0 Å². The lowest BCUT2D eigenvalue weighted by Crippen LogP contribution is -2.22. The lowest BCUT2D eigenvalue weighted by molar-refractivity contribution is -0.139. The van der Waals surface area contributed by atoms with Gasteiger partial charge < -0.3 is 30.6 Å². The van der Waals surface area contributed by atoms with Crippen LogP contribution in [0.4, 0.5) is 0 Å². The summed E-state index contributed by atoms with van der Waals surface area (Å²) < 4.78 is -1.84. The summed E-state index contributed by atoms with van der Waals surface area (Å²) in [7, 11) is 0. The number of aliphatic hydroxyl groups is 3. The fourth-order valence-corrected chi connectivity index (χ4v) is 0.0577. The second kappa shape index (κ2) is 16.3. The van der Waals surface area contributed by atoms with Crippen molar-refractivity contribution in [3.05, 3.63) is 0 Å². The predicted octanol–water partition coefficient (Wildman–Crippen LogP) is 2.19. The first-order chi connectivity index (χ1) is 11.6. The van der Waals surface area contributed by atoms with Crippen LogP contribution in [0.25, 0.3) is 0 Å². The fourth-order valence-electron chi connectivity index (χ4n) is 0.0577. The summed E-state index contributed by atoms with van der Waals surface area (Å²) in [6, 6.07) is 0. The first kappa shape index (κ1) is 35.0. The molecule has 27 heavy (non-hydrogen) atoms. The molecule has 0 aromatic rings. The van der Waals surface area contributed by atoms with Crippen molar-refractivity contribution in [2.45, 2.75) is 57.9 Å². The number of carbonyl (C=O) groups is 3. The highest BCUT2D eigenvalue weighted by Gasteiger charge is 2.22. The molecule has 0 radical (unpaired) electrons. The molecular weight excluding hydrogens is 705 g/mol. The third-order valence-electron chi connectivity index (χ3n) is 1.95. The standard InChI is InChI=1S/3C4H7IO2.C3H8O3/c3*1-4(2,5)3(6)7;4-1-3(6)2-5/h3*1-2H3,(H,6,7);3-6H,1-2H2. The van der Waals surface area contributed by atoms with E-state index in [0.717, 1.165) is 0 Å². The van der Waals surface area contributed by atoms with Gasteiger partial charge in [0.05, 0.1) is 13.2 Å². The van der Waals surface area contributed by atoms with Crippen LogP contribution >= 0.6 is 67.8 Å². The number of aliphatic carboxylic acids is 3. The van der Waals surface area contributed by atoms with Crippen LogP contribution in [-0.2, 0) is 14.4 Å². The number of rotatable bonds is 5. The lowest BCUT2D eigenvalue weighted by atomic mass is 10.2. The Bertz CT molecular complexity index is 374. The van der Waals surface area contributed by atoms with Crippen molar-refractivity contribution < 1.29 is 45.0 Å². The molecule has 0 unspecified atom stereocenters. The molecule has 0 amide bonds. The van der Waals surface area contributed by atoms with Gasteiger partial charge >= 0.3 is 17.9 Å². The smallest absolute Gasteiger partial charge is 0.319 e. The molecule has 12 heteroatoms. The van der Waals surface area contributed by atoms with Crippen molar-refractivity contribution in [3.63, 3.8) is 0 Å². The van der Waals surface area contributed by atoms with E-state index in [4.69, 9.17) is 30.6 Å². The predicted molar refractivity (Wildman–Crippen MR) is 127 cm³/mol. The van der Waals surface area contributed by atoms with E-state index < -0.39 is 34.3 Å². The van der Waals surface area contributed by atoms with Gasteiger partial charge in [0.1, 0.15) is 16.4 Å². The molecule has 0 aliphatic rings. The highest BCUT2D eigenvalue weighted by atomic mass is 127. The Kier molecular flexibility index (Phi) is 21.1. The molecule has 0 bridgehead atoms. The van der Waals surface area contributed by atoms with Crippen molar-refractivity contribution >= 4 is 85.7 Å². The summed E-state index contributed by atoms with van der Waals surface area (Å²) in [6.07, 6.45) is -0.954. The molecule has 0 aliphatic carbocycles. The molecule has 0 rings (SSSR count). The van der Waals surface area contributed by atoms with Gasteiger partial charge in [-0.15, -0.1) is 0 Å².